The molecular weight excluding hydrogens is 249 g/mol. The zero-order valence-electron chi connectivity index (χ0n) is 8.54. The van der Waals surface area contributed by atoms with E-state index in [2.05, 4.69) is 5.16 Å². The molecule has 1 aromatic carbocycles. The van der Waals surface area contributed by atoms with Gasteiger partial charge in [0.15, 0.2) is 0 Å². The molecule has 0 radical (unpaired) electrons. The number of benzene rings is 1. The molecule has 0 amide bonds. The average Bonchev–Trinajstić information content (AvgIpc) is 2.67. The quantitative estimate of drug-likeness (QED) is 0.838. The Balaban J connectivity index is 2.07. The highest BCUT2D eigenvalue weighted by Gasteiger charge is 2.07. The monoisotopic (exact) mass is 257 g/mol. The number of ether oxygens (including phenoxy) is 1. The molecule has 0 bridgehead atoms. The van der Waals surface area contributed by atoms with Gasteiger partial charge < -0.3 is 9.26 Å². The number of hydrogen-bond acceptors (Lipinski definition) is 3. The normalized spacial score (nSPS) is 10.4. The summed E-state index contributed by atoms with van der Waals surface area (Å²) in [5, 5.41) is 4.68. The fourth-order valence-corrected chi connectivity index (χ4v) is 1.58. The van der Waals surface area contributed by atoms with Gasteiger partial charge in [0.1, 0.15) is 28.8 Å². The first-order chi connectivity index (χ1) is 7.66. The lowest BCUT2D eigenvalue weighted by atomic mass is 10.3. The van der Waals surface area contributed by atoms with Gasteiger partial charge in [-0.25, -0.2) is 0 Å². The first kappa shape index (κ1) is 11.3. The molecule has 5 heteroatoms. The van der Waals surface area contributed by atoms with Crippen LogP contribution in [0.4, 0.5) is 0 Å². The van der Waals surface area contributed by atoms with Crippen LogP contribution in [0.3, 0.4) is 0 Å². The molecule has 0 N–H and O–H groups in total. The maximum atomic E-state index is 5.96. The van der Waals surface area contributed by atoms with Gasteiger partial charge in [-0.2, -0.15) is 0 Å². The van der Waals surface area contributed by atoms with E-state index in [1.54, 1.807) is 24.3 Å². The van der Waals surface area contributed by atoms with Crippen molar-refractivity contribution >= 4 is 23.2 Å². The van der Waals surface area contributed by atoms with Gasteiger partial charge in [0, 0.05) is 6.07 Å². The fourth-order valence-electron chi connectivity index (χ4n) is 1.23. The third-order valence-electron chi connectivity index (χ3n) is 1.97. The molecule has 0 saturated heterocycles. The summed E-state index contributed by atoms with van der Waals surface area (Å²) in [6.45, 7) is 2.13. The predicted octanol–water partition coefficient (Wildman–Crippen LogP) is 3.87. The molecule has 0 aliphatic rings. The number of aryl methyl sites for hydroxylation is 1. The summed E-state index contributed by atoms with van der Waals surface area (Å²) in [7, 11) is 0. The van der Waals surface area contributed by atoms with Crippen LogP contribution in [0.15, 0.2) is 28.8 Å². The van der Waals surface area contributed by atoms with Crippen molar-refractivity contribution in [2.45, 2.75) is 13.5 Å². The highest BCUT2D eigenvalue weighted by molar-refractivity contribution is 6.42. The molecule has 0 spiro atoms. The maximum Gasteiger partial charge on any atom is 0.140 e. The number of nitrogens with zero attached hydrogens (tertiary/aromatic N) is 1. The van der Waals surface area contributed by atoms with Crippen LogP contribution in [0.1, 0.15) is 11.5 Å². The Morgan fingerprint density at radius 2 is 2.19 bits per heavy atom. The molecule has 0 aliphatic heterocycles. The van der Waals surface area contributed by atoms with Crippen LogP contribution < -0.4 is 4.74 Å². The van der Waals surface area contributed by atoms with Gasteiger partial charge in [-0.15, -0.1) is 0 Å². The molecule has 84 valence electrons. The minimum absolute atomic E-state index is 0.303. The van der Waals surface area contributed by atoms with Gasteiger partial charge in [-0.1, -0.05) is 34.4 Å². The van der Waals surface area contributed by atoms with E-state index in [-0.39, 0.29) is 0 Å². The SMILES string of the molecule is Cc1cc(COc2cccc(Cl)c2Cl)no1. The summed E-state index contributed by atoms with van der Waals surface area (Å²) in [6, 6.07) is 7.04. The Hall–Kier alpha value is -1.19. The lowest BCUT2D eigenvalue weighted by Crippen LogP contribution is -1.96. The molecule has 2 rings (SSSR count). The zero-order valence-corrected chi connectivity index (χ0v) is 10.0. The Kier molecular flexibility index (Phi) is 3.36. The summed E-state index contributed by atoms with van der Waals surface area (Å²) in [6.07, 6.45) is 0. The molecule has 0 aliphatic carbocycles. The molecule has 1 aromatic heterocycles. The minimum atomic E-state index is 0.303. The van der Waals surface area contributed by atoms with E-state index < -0.39 is 0 Å². The third kappa shape index (κ3) is 2.49. The molecule has 1 heterocycles. The number of aromatic nitrogens is 1. The fraction of sp³-hybridized carbons (Fsp3) is 0.182. The highest BCUT2D eigenvalue weighted by atomic mass is 35.5. The van der Waals surface area contributed by atoms with Crippen molar-refractivity contribution in [1.82, 2.24) is 5.16 Å². The Bertz CT molecular complexity index is 496. The van der Waals surface area contributed by atoms with Crippen molar-refractivity contribution in [2.75, 3.05) is 0 Å². The summed E-state index contributed by atoms with van der Waals surface area (Å²) in [4.78, 5) is 0. The van der Waals surface area contributed by atoms with Crippen molar-refractivity contribution in [3.63, 3.8) is 0 Å². The first-order valence-electron chi connectivity index (χ1n) is 4.66. The molecule has 0 unspecified atom stereocenters. The average molecular weight is 258 g/mol. The van der Waals surface area contributed by atoms with Crippen molar-refractivity contribution in [1.29, 1.82) is 0 Å². The van der Waals surface area contributed by atoms with Crippen LogP contribution in [0.2, 0.25) is 10.0 Å². The summed E-state index contributed by atoms with van der Waals surface area (Å²) < 4.78 is 10.4. The lowest BCUT2D eigenvalue weighted by molar-refractivity contribution is 0.288. The van der Waals surface area contributed by atoms with Gasteiger partial charge in [-0.05, 0) is 19.1 Å². The Morgan fingerprint density at radius 1 is 1.38 bits per heavy atom. The molecule has 3 nitrogen and oxygen atoms in total. The number of halogens is 2. The van der Waals surface area contributed by atoms with E-state index >= 15 is 0 Å². The highest BCUT2D eigenvalue weighted by Crippen LogP contribution is 2.31. The zero-order chi connectivity index (χ0) is 11.5. The van der Waals surface area contributed by atoms with Gasteiger partial charge in [0.2, 0.25) is 0 Å². The molecule has 0 fully saturated rings. The van der Waals surface area contributed by atoms with Crippen molar-refractivity contribution in [2.24, 2.45) is 0 Å². The largest absolute Gasteiger partial charge is 0.486 e. The van der Waals surface area contributed by atoms with Crippen LogP contribution in [-0.2, 0) is 6.61 Å². The van der Waals surface area contributed by atoms with E-state index in [9.17, 15) is 0 Å². The third-order valence-corrected chi connectivity index (χ3v) is 2.77. The Labute approximate surface area is 103 Å². The van der Waals surface area contributed by atoms with Crippen LogP contribution in [0.25, 0.3) is 0 Å². The maximum absolute atomic E-state index is 5.96. The number of rotatable bonds is 3. The van der Waals surface area contributed by atoms with Gasteiger partial charge in [0.25, 0.3) is 0 Å². The minimum Gasteiger partial charge on any atom is -0.486 e. The van der Waals surface area contributed by atoms with Crippen molar-refractivity contribution < 1.29 is 9.26 Å². The van der Waals surface area contributed by atoms with Crippen LogP contribution >= 0.6 is 23.2 Å². The topological polar surface area (TPSA) is 35.3 Å². The number of hydrogen-bond donors (Lipinski definition) is 0. The molecule has 16 heavy (non-hydrogen) atoms. The second kappa shape index (κ2) is 4.76. The smallest absolute Gasteiger partial charge is 0.140 e. The second-order valence-corrected chi connectivity index (χ2v) is 4.05. The lowest BCUT2D eigenvalue weighted by Gasteiger charge is -2.06. The second-order valence-electron chi connectivity index (χ2n) is 3.27. The predicted molar refractivity (Wildman–Crippen MR) is 62.0 cm³/mol. The van der Waals surface area contributed by atoms with Gasteiger partial charge in [0.05, 0.1) is 5.02 Å². The van der Waals surface area contributed by atoms with Gasteiger partial charge in [-0.3, -0.25) is 0 Å². The Morgan fingerprint density at radius 3 is 2.88 bits per heavy atom. The standard InChI is InChI=1S/C11H9Cl2NO2/c1-7-5-8(14-16-7)6-15-10-4-2-3-9(12)11(10)13/h2-5H,6H2,1H3. The molecular formula is C11H9Cl2NO2. The van der Waals surface area contributed by atoms with E-state index in [1.807, 2.05) is 6.92 Å². The van der Waals surface area contributed by atoms with E-state index in [4.69, 9.17) is 32.5 Å². The summed E-state index contributed by atoms with van der Waals surface area (Å²) in [5.41, 5.74) is 0.716. The molecule has 0 saturated carbocycles. The summed E-state index contributed by atoms with van der Waals surface area (Å²) >= 11 is 11.8. The summed E-state index contributed by atoms with van der Waals surface area (Å²) in [5.74, 6) is 1.28. The van der Waals surface area contributed by atoms with Crippen LogP contribution in [-0.4, -0.2) is 5.16 Å². The van der Waals surface area contributed by atoms with E-state index in [1.165, 1.54) is 0 Å². The van der Waals surface area contributed by atoms with Crippen LogP contribution in [0, 0.1) is 6.92 Å². The van der Waals surface area contributed by atoms with Gasteiger partial charge >= 0.3 is 0 Å². The first-order valence-corrected chi connectivity index (χ1v) is 5.41. The van der Waals surface area contributed by atoms with E-state index in [0.29, 0.717) is 28.1 Å². The van der Waals surface area contributed by atoms with Crippen molar-refractivity contribution in [3.05, 3.63) is 45.8 Å². The van der Waals surface area contributed by atoms with Crippen molar-refractivity contribution in [3.8, 4) is 5.75 Å². The van der Waals surface area contributed by atoms with E-state index in [0.717, 1.165) is 5.76 Å². The molecule has 2 aromatic rings. The van der Waals surface area contributed by atoms with Crippen LogP contribution in [0.5, 0.6) is 5.75 Å². The molecule has 0 atom stereocenters.